The highest BCUT2D eigenvalue weighted by molar-refractivity contribution is 8.01. The van der Waals surface area contributed by atoms with Crippen LogP contribution in [-0.4, -0.2) is 43.3 Å². The van der Waals surface area contributed by atoms with Crippen LogP contribution in [0.15, 0.2) is 40.6 Å². The second kappa shape index (κ2) is 10.3. The van der Waals surface area contributed by atoms with Gasteiger partial charge in [0.15, 0.2) is 0 Å². The molecular weight excluding hydrogens is 503 g/mol. The summed E-state index contributed by atoms with van der Waals surface area (Å²) in [7, 11) is 4.59. The highest BCUT2D eigenvalue weighted by atomic mass is 32.2. The molecule has 0 aliphatic heterocycles. The fraction of sp³-hybridized carbons (Fsp3) is 0.364. The summed E-state index contributed by atoms with van der Waals surface area (Å²) in [5.74, 6) is -0.0558. The zero-order valence-electron chi connectivity index (χ0n) is 19.9. The predicted octanol–water partition coefficient (Wildman–Crippen LogP) is 7.32. The molecule has 0 saturated heterocycles. The monoisotopic (exact) mass is 527 g/mol. The number of carbonyl (C=O) groups excluding carboxylic acids is 1. The summed E-state index contributed by atoms with van der Waals surface area (Å²) >= 11 is 0.785. The number of benzene rings is 2. The standard InChI is InChI=1S/C22H24F3N5O3S2/c1-21(2,3)30(4)16-10-15(29-35-22(23,24)25)14(11-17(16)32-5)27-28-20-26-13-8-7-12(19(31)33-6)9-18(13)34-20/h7-11,29H,1-6H3. The van der Waals surface area contributed by atoms with Gasteiger partial charge in [0.05, 0.1) is 53.3 Å². The number of nitrogens with zero attached hydrogens (tertiary/aromatic N) is 4. The molecule has 35 heavy (non-hydrogen) atoms. The number of carbonyl (C=O) groups is 1. The van der Waals surface area contributed by atoms with Crippen LogP contribution >= 0.6 is 23.3 Å². The molecule has 0 bridgehead atoms. The molecule has 1 N–H and O–H groups in total. The quantitative estimate of drug-likeness (QED) is 0.196. The Bertz CT molecular complexity index is 1260. The van der Waals surface area contributed by atoms with Gasteiger partial charge in [-0.1, -0.05) is 11.3 Å². The van der Waals surface area contributed by atoms with E-state index in [4.69, 9.17) is 9.47 Å². The van der Waals surface area contributed by atoms with Gasteiger partial charge < -0.3 is 19.1 Å². The summed E-state index contributed by atoms with van der Waals surface area (Å²) in [6, 6.07) is 7.93. The van der Waals surface area contributed by atoms with E-state index in [0.29, 0.717) is 27.2 Å². The van der Waals surface area contributed by atoms with Crippen molar-refractivity contribution >= 4 is 61.7 Å². The maximum absolute atomic E-state index is 12.9. The minimum atomic E-state index is -4.51. The van der Waals surface area contributed by atoms with E-state index in [1.165, 1.54) is 37.7 Å². The van der Waals surface area contributed by atoms with Crippen LogP contribution in [0.1, 0.15) is 31.1 Å². The van der Waals surface area contributed by atoms with Crippen molar-refractivity contribution in [3.8, 4) is 5.75 Å². The SMILES string of the molecule is COC(=O)c1ccc2nc(N=Nc3cc(OC)c(N(C)C(C)(C)C)cc3NSC(F)(F)F)sc2c1. The van der Waals surface area contributed by atoms with Gasteiger partial charge in [0, 0.05) is 18.7 Å². The number of rotatable bonds is 7. The third kappa shape index (κ3) is 6.54. The number of halogens is 3. The number of alkyl halides is 3. The van der Waals surface area contributed by atoms with Gasteiger partial charge in [-0.05, 0) is 45.0 Å². The van der Waals surface area contributed by atoms with Gasteiger partial charge in [0.25, 0.3) is 0 Å². The van der Waals surface area contributed by atoms with Crippen LogP contribution in [0.4, 0.5) is 35.4 Å². The molecule has 0 unspecified atom stereocenters. The van der Waals surface area contributed by atoms with E-state index in [1.807, 2.05) is 32.7 Å². The number of hydrogen-bond acceptors (Lipinski definition) is 10. The van der Waals surface area contributed by atoms with Crippen molar-refractivity contribution in [2.24, 2.45) is 10.2 Å². The summed E-state index contributed by atoms with van der Waals surface area (Å²) in [4.78, 5) is 18.0. The molecule has 8 nitrogen and oxygen atoms in total. The maximum atomic E-state index is 12.9. The van der Waals surface area contributed by atoms with Crippen LogP contribution in [-0.2, 0) is 4.74 Å². The zero-order valence-corrected chi connectivity index (χ0v) is 21.5. The van der Waals surface area contributed by atoms with Crippen molar-refractivity contribution in [3.05, 3.63) is 35.9 Å². The molecule has 2 aromatic carbocycles. The molecule has 0 saturated carbocycles. The first-order valence-electron chi connectivity index (χ1n) is 10.2. The molecule has 13 heteroatoms. The number of thiazole rings is 1. The number of aromatic nitrogens is 1. The molecule has 188 valence electrons. The van der Waals surface area contributed by atoms with Gasteiger partial charge in [-0.2, -0.15) is 13.2 Å². The molecule has 0 aliphatic rings. The summed E-state index contributed by atoms with van der Waals surface area (Å²) in [6.07, 6.45) is 0. The lowest BCUT2D eigenvalue weighted by atomic mass is 10.1. The average Bonchev–Trinajstić information content (AvgIpc) is 3.21. The number of fused-ring (bicyclic) bond motifs is 1. The number of anilines is 2. The van der Waals surface area contributed by atoms with Crippen molar-refractivity contribution in [2.45, 2.75) is 31.8 Å². The van der Waals surface area contributed by atoms with E-state index in [1.54, 1.807) is 18.2 Å². The van der Waals surface area contributed by atoms with Crippen LogP contribution < -0.4 is 14.4 Å². The summed E-state index contributed by atoms with van der Waals surface area (Å²) in [5.41, 5.74) is -3.03. The van der Waals surface area contributed by atoms with Gasteiger partial charge >= 0.3 is 11.5 Å². The van der Waals surface area contributed by atoms with Gasteiger partial charge in [-0.15, -0.1) is 10.2 Å². The van der Waals surface area contributed by atoms with Gasteiger partial charge in [0.2, 0.25) is 5.13 Å². The van der Waals surface area contributed by atoms with Crippen molar-refractivity contribution in [1.29, 1.82) is 0 Å². The molecule has 0 radical (unpaired) electrons. The first kappa shape index (κ1) is 26.5. The largest absolute Gasteiger partial charge is 0.494 e. The predicted molar refractivity (Wildman–Crippen MR) is 134 cm³/mol. The third-order valence-electron chi connectivity index (χ3n) is 4.98. The Morgan fingerprint density at radius 2 is 1.86 bits per heavy atom. The number of esters is 1. The Morgan fingerprint density at radius 1 is 1.14 bits per heavy atom. The molecule has 1 heterocycles. The molecule has 1 aromatic heterocycles. The number of azo groups is 1. The normalized spacial score (nSPS) is 12.3. The van der Waals surface area contributed by atoms with Gasteiger partial charge in [-0.25, -0.2) is 9.78 Å². The van der Waals surface area contributed by atoms with E-state index in [0.717, 1.165) is 0 Å². The lowest BCUT2D eigenvalue weighted by molar-refractivity contribution is -0.0323. The molecule has 0 amide bonds. The van der Waals surface area contributed by atoms with Gasteiger partial charge in [0.1, 0.15) is 11.4 Å². The lowest BCUT2D eigenvalue weighted by Gasteiger charge is -2.35. The molecule has 3 rings (SSSR count). The average molecular weight is 528 g/mol. The molecule has 0 aliphatic carbocycles. The minimum absolute atomic E-state index is 0.108. The third-order valence-corrected chi connectivity index (χ3v) is 6.44. The smallest absolute Gasteiger partial charge is 0.461 e. The number of methoxy groups -OCH3 is 2. The maximum Gasteiger partial charge on any atom is 0.461 e. The van der Waals surface area contributed by atoms with E-state index in [9.17, 15) is 18.0 Å². The molecule has 0 fully saturated rings. The Morgan fingerprint density at radius 3 is 2.46 bits per heavy atom. The van der Waals surface area contributed by atoms with E-state index in [-0.39, 0.29) is 22.0 Å². The summed E-state index contributed by atoms with van der Waals surface area (Å²) in [5, 5.41) is 8.56. The topological polar surface area (TPSA) is 88.4 Å². The minimum Gasteiger partial charge on any atom is -0.494 e. The van der Waals surface area contributed by atoms with Crippen molar-refractivity contribution in [1.82, 2.24) is 4.98 Å². The lowest BCUT2D eigenvalue weighted by Crippen LogP contribution is -2.38. The van der Waals surface area contributed by atoms with Crippen molar-refractivity contribution in [3.63, 3.8) is 0 Å². The van der Waals surface area contributed by atoms with Crippen molar-refractivity contribution < 1.29 is 27.4 Å². The molecular formula is C22H24F3N5O3S2. The second-order valence-electron chi connectivity index (χ2n) is 8.29. The Hall–Kier alpha value is -3.06. The van der Waals surface area contributed by atoms with Crippen LogP contribution in [0.25, 0.3) is 10.2 Å². The van der Waals surface area contributed by atoms with Crippen LogP contribution in [0.2, 0.25) is 0 Å². The highest BCUT2D eigenvalue weighted by Gasteiger charge is 2.30. The molecule has 0 spiro atoms. The molecule has 0 atom stereocenters. The van der Waals surface area contributed by atoms with E-state index < -0.39 is 23.4 Å². The van der Waals surface area contributed by atoms with E-state index >= 15 is 0 Å². The summed E-state index contributed by atoms with van der Waals surface area (Å²) < 4.78 is 52.0. The zero-order chi connectivity index (χ0) is 26.0. The fourth-order valence-corrected chi connectivity index (χ4v) is 4.13. The van der Waals surface area contributed by atoms with Crippen LogP contribution in [0, 0.1) is 0 Å². The Labute approximate surface area is 208 Å². The first-order chi connectivity index (χ1) is 16.3. The number of hydrogen-bond donors (Lipinski definition) is 1. The highest BCUT2D eigenvalue weighted by Crippen LogP contribution is 2.43. The number of ether oxygens (including phenoxy) is 2. The van der Waals surface area contributed by atoms with Crippen LogP contribution in [0.5, 0.6) is 5.75 Å². The fourth-order valence-electron chi connectivity index (χ4n) is 2.92. The van der Waals surface area contributed by atoms with E-state index in [2.05, 4.69) is 19.9 Å². The van der Waals surface area contributed by atoms with Crippen molar-refractivity contribution in [2.75, 3.05) is 30.9 Å². The Balaban J connectivity index is 2.02. The van der Waals surface area contributed by atoms with Crippen LogP contribution in [0.3, 0.4) is 0 Å². The summed E-state index contributed by atoms with van der Waals surface area (Å²) in [6.45, 7) is 5.91. The van der Waals surface area contributed by atoms with Gasteiger partial charge in [-0.3, -0.25) is 0 Å². The Kier molecular flexibility index (Phi) is 7.80. The first-order valence-corrected chi connectivity index (χ1v) is 11.8. The molecule has 3 aromatic rings. The number of nitrogens with one attached hydrogen (secondary N) is 1. The second-order valence-corrected chi connectivity index (χ2v) is 10.2.